The number of alkyl halides is 3. The molecule has 3 aromatic carbocycles. The first kappa shape index (κ1) is 15.9. The zero-order valence-corrected chi connectivity index (χ0v) is 13.6. The summed E-state index contributed by atoms with van der Waals surface area (Å²) in [4.78, 5) is 2.91. The SMILES string of the molecule is FC(F)(F)Oc1ccc2c(c1)Oc1ccccc1[S+]2c1ccccc1. The fourth-order valence-electron chi connectivity index (χ4n) is 2.68. The number of hydrogen-bond acceptors (Lipinski definition) is 2. The summed E-state index contributed by atoms with van der Waals surface area (Å²) in [7, 11) is -0.451. The number of para-hydroxylation sites is 1. The lowest BCUT2D eigenvalue weighted by atomic mass is 10.3. The van der Waals surface area contributed by atoms with Gasteiger partial charge in [-0.25, -0.2) is 0 Å². The van der Waals surface area contributed by atoms with Gasteiger partial charge in [0.2, 0.25) is 9.79 Å². The van der Waals surface area contributed by atoms with Gasteiger partial charge in [-0.3, -0.25) is 0 Å². The summed E-state index contributed by atoms with van der Waals surface area (Å²) in [6.07, 6.45) is -4.73. The summed E-state index contributed by atoms with van der Waals surface area (Å²) in [5, 5.41) is 0. The molecule has 0 saturated carbocycles. The fourth-order valence-corrected chi connectivity index (χ4v) is 4.89. The van der Waals surface area contributed by atoms with Crippen LogP contribution in [0.4, 0.5) is 13.2 Å². The van der Waals surface area contributed by atoms with Crippen molar-refractivity contribution in [3.05, 3.63) is 72.8 Å². The molecule has 0 N–H and O–H groups in total. The normalized spacial score (nSPS) is 15.7. The minimum Gasteiger partial charge on any atom is -0.447 e. The topological polar surface area (TPSA) is 18.5 Å². The van der Waals surface area contributed by atoms with E-state index in [9.17, 15) is 13.2 Å². The molecule has 2 nitrogen and oxygen atoms in total. The summed E-state index contributed by atoms with van der Waals surface area (Å²) >= 11 is 0. The maximum Gasteiger partial charge on any atom is 0.573 e. The van der Waals surface area contributed by atoms with Gasteiger partial charge in [-0.2, -0.15) is 0 Å². The van der Waals surface area contributed by atoms with Crippen molar-refractivity contribution in [1.82, 2.24) is 0 Å². The smallest absolute Gasteiger partial charge is 0.447 e. The monoisotopic (exact) mass is 361 g/mol. The van der Waals surface area contributed by atoms with E-state index < -0.39 is 17.3 Å². The van der Waals surface area contributed by atoms with Crippen molar-refractivity contribution in [2.24, 2.45) is 0 Å². The molecule has 0 radical (unpaired) electrons. The Morgan fingerprint density at radius 1 is 0.760 bits per heavy atom. The van der Waals surface area contributed by atoms with Crippen LogP contribution in [0.25, 0.3) is 0 Å². The first-order chi connectivity index (χ1) is 12.0. The van der Waals surface area contributed by atoms with E-state index >= 15 is 0 Å². The molecule has 126 valence electrons. The summed E-state index contributed by atoms with van der Waals surface area (Å²) in [6.45, 7) is 0. The van der Waals surface area contributed by atoms with Crippen LogP contribution in [-0.4, -0.2) is 6.36 Å². The highest BCUT2D eigenvalue weighted by molar-refractivity contribution is 7.97. The molecule has 1 aliphatic rings. The highest BCUT2D eigenvalue weighted by Crippen LogP contribution is 2.48. The van der Waals surface area contributed by atoms with Crippen molar-refractivity contribution in [3.8, 4) is 17.2 Å². The maximum absolute atomic E-state index is 12.5. The number of hydrogen-bond donors (Lipinski definition) is 0. The number of ether oxygens (including phenoxy) is 2. The highest BCUT2D eigenvalue weighted by atomic mass is 32.2. The van der Waals surface area contributed by atoms with Crippen LogP contribution in [0.2, 0.25) is 0 Å². The second-order valence-corrected chi connectivity index (χ2v) is 7.29. The van der Waals surface area contributed by atoms with Crippen molar-refractivity contribution in [2.75, 3.05) is 0 Å². The van der Waals surface area contributed by atoms with Crippen LogP contribution in [0.1, 0.15) is 0 Å². The van der Waals surface area contributed by atoms with Gasteiger partial charge in [-0.1, -0.05) is 30.3 Å². The van der Waals surface area contributed by atoms with Gasteiger partial charge in [0.05, 0.1) is 0 Å². The number of halogens is 3. The van der Waals surface area contributed by atoms with Crippen LogP contribution in [0.5, 0.6) is 17.2 Å². The van der Waals surface area contributed by atoms with Crippen molar-refractivity contribution < 1.29 is 22.6 Å². The van der Waals surface area contributed by atoms with Crippen LogP contribution in [0.3, 0.4) is 0 Å². The van der Waals surface area contributed by atoms with Crippen LogP contribution in [-0.2, 0) is 10.9 Å². The molecule has 1 heterocycles. The predicted molar refractivity (Wildman–Crippen MR) is 88.2 cm³/mol. The van der Waals surface area contributed by atoms with Crippen LogP contribution in [0, 0.1) is 0 Å². The van der Waals surface area contributed by atoms with Crippen LogP contribution >= 0.6 is 0 Å². The van der Waals surface area contributed by atoms with Gasteiger partial charge >= 0.3 is 6.36 Å². The van der Waals surface area contributed by atoms with Gasteiger partial charge in [0.25, 0.3) is 0 Å². The average Bonchev–Trinajstić information content (AvgIpc) is 2.59. The molecular formula is C19H12F3O2S+. The van der Waals surface area contributed by atoms with E-state index in [-0.39, 0.29) is 5.75 Å². The Morgan fingerprint density at radius 2 is 1.44 bits per heavy atom. The third-order valence-electron chi connectivity index (χ3n) is 3.64. The van der Waals surface area contributed by atoms with Gasteiger partial charge in [0, 0.05) is 12.1 Å². The lowest BCUT2D eigenvalue weighted by Gasteiger charge is -2.20. The summed E-state index contributed by atoms with van der Waals surface area (Å²) < 4.78 is 47.3. The van der Waals surface area contributed by atoms with Gasteiger partial charge in [0.1, 0.15) is 16.6 Å². The molecular weight excluding hydrogens is 349 g/mol. The van der Waals surface area contributed by atoms with Crippen molar-refractivity contribution in [1.29, 1.82) is 0 Å². The van der Waals surface area contributed by atoms with E-state index in [0.717, 1.165) is 14.7 Å². The molecule has 6 heteroatoms. The molecule has 0 fully saturated rings. The second kappa shape index (κ2) is 6.04. The van der Waals surface area contributed by atoms with E-state index in [1.807, 2.05) is 54.6 Å². The Hall–Kier alpha value is -2.60. The molecule has 0 amide bonds. The Kier molecular flexibility index (Phi) is 3.84. The van der Waals surface area contributed by atoms with Crippen molar-refractivity contribution in [2.45, 2.75) is 21.0 Å². The zero-order valence-electron chi connectivity index (χ0n) is 12.8. The molecule has 0 saturated heterocycles. The third-order valence-corrected chi connectivity index (χ3v) is 5.93. The van der Waals surface area contributed by atoms with Gasteiger partial charge in [-0.15, -0.1) is 13.2 Å². The molecule has 0 bridgehead atoms. The molecule has 3 aromatic rings. The quantitative estimate of drug-likeness (QED) is 0.421. The zero-order chi connectivity index (χ0) is 17.4. The van der Waals surface area contributed by atoms with Crippen LogP contribution < -0.4 is 9.47 Å². The molecule has 0 spiro atoms. The molecule has 25 heavy (non-hydrogen) atoms. The highest BCUT2D eigenvalue weighted by Gasteiger charge is 2.40. The Labute approximate surface area is 145 Å². The second-order valence-electron chi connectivity index (χ2n) is 5.32. The maximum atomic E-state index is 12.5. The molecule has 4 rings (SSSR count). The lowest BCUT2D eigenvalue weighted by Crippen LogP contribution is -2.18. The Bertz CT molecular complexity index is 910. The molecule has 1 atom stereocenters. The molecule has 0 aliphatic carbocycles. The fraction of sp³-hybridized carbons (Fsp3) is 0.0526. The van der Waals surface area contributed by atoms with E-state index in [4.69, 9.17) is 4.74 Å². The predicted octanol–water partition coefficient (Wildman–Crippen LogP) is 5.79. The first-order valence-corrected chi connectivity index (χ1v) is 8.70. The van der Waals surface area contributed by atoms with Crippen molar-refractivity contribution in [3.63, 3.8) is 0 Å². The molecule has 1 aliphatic heterocycles. The summed E-state index contributed by atoms with van der Waals surface area (Å²) in [5.74, 6) is 0.737. The largest absolute Gasteiger partial charge is 0.573 e. The van der Waals surface area contributed by atoms with Gasteiger partial charge in [-0.05, 0) is 30.3 Å². The van der Waals surface area contributed by atoms with E-state index in [1.54, 1.807) is 6.07 Å². The van der Waals surface area contributed by atoms with E-state index in [2.05, 4.69) is 4.74 Å². The number of rotatable bonds is 2. The Morgan fingerprint density at radius 3 is 2.20 bits per heavy atom. The minimum atomic E-state index is -4.73. The standard InChI is InChI=1S/C19H12F3O2S/c20-19(21,22)24-13-10-11-18-16(12-13)23-15-8-4-5-9-17(15)25(18)14-6-2-1-3-7-14/h1-12H/q+1. The first-order valence-electron chi connectivity index (χ1n) is 7.47. The molecule has 1 unspecified atom stereocenters. The summed E-state index contributed by atoms with van der Waals surface area (Å²) in [5.41, 5.74) is 0. The number of fused-ring (bicyclic) bond motifs is 2. The lowest BCUT2D eigenvalue weighted by molar-refractivity contribution is -0.274. The molecule has 0 aromatic heterocycles. The van der Waals surface area contributed by atoms with Gasteiger partial charge in [0.15, 0.2) is 16.4 Å². The average molecular weight is 361 g/mol. The summed E-state index contributed by atoms with van der Waals surface area (Å²) in [6, 6.07) is 21.7. The van der Waals surface area contributed by atoms with E-state index in [1.165, 1.54) is 12.1 Å². The number of benzene rings is 3. The van der Waals surface area contributed by atoms with Gasteiger partial charge < -0.3 is 9.47 Å². The Balaban J connectivity index is 1.84. The van der Waals surface area contributed by atoms with E-state index in [0.29, 0.717) is 11.5 Å². The van der Waals surface area contributed by atoms with Crippen LogP contribution in [0.15, 0.2) is 87.5 Å². The third kappa shape index (κ3) is 3.17. The minimum absolute atomic E-state index is 0.290. The van der Waals surface area contributed by atoms with Crippen molar-refractivity contribution >= 4 is 10.9 Å².